The highest BCUT2D eigenvalue weighted by molar-refractivity contribution is 7.98. The van der Waals surface area contributed by atoms with Gasteiger partial charge in [-0.2, -0.15) is 4.72 Å². The number of carbonyl (C=O) groups excluding carboxylic acids is 1. The number of hydrogen-bond acceptors (Lipinski definition) is 4. The Morgan fingerprint density at radius 3 is 2.54 bits per heavy atom. The van der Waals surface area contributed by atoms with Crippen molar-refractivity contribution in [3.05, 3.63) is 54.1 Å². The Balaban J connectivity index is 2.12. The average Bonchev–Trinajstić information content (AvgIpc) is 2.60. The van der Waals surface area contributed by atoms with Crippen molar-refractivity contribution >= 4 is 33.4 Å². The number of carbonyl (C=O) groups is 1. The number of anilines is 1. The van der Waals surface area contributed by atoms with Crippen LogP contribution in [0.2, 0.25) is 0 Å². The first-order valence-electron chi connectivity index (χ1n) is 6.95. The minimum absolute atomic E-state index is 0.0543. The lowest BCUT2D eigenvalue weighted by Gasteiger charge is -2.08. The topological polar surface area (TPSA) is 75.3 Å². The maximum Gasteiger partial charge on any atom is 0.255 e. The van der Waals surface area contributed by atoms with Gasteiger partial charge < -0.3 is 5.32 Å². The number of nitrogens with one attached hydrogen (secondary N) is 2. The van der Waals surface area contributed by atoms with E-state index in [2.05, 4.69) is 16.0 Å². The first-order valence-corrected chi connectivity index (χ1v) is 9.65. The fraction of sp³-hybridized carbons (Fsp3) is 0.118. The van der Waals surface area contributed by atoms with E-state index >= 15 is 0 Å². The summed E-state index contributed by atoms with van der Waals surface area (Å²) in [7, 11) is -3.66. The van der Waals surface area contributed by atoms with Gasteiger partial charge in [-0.3, -0.25) is 4.79 Å². The summed E-state index contributed by atoms with van der Waals surface area (Å²) < 4.78 is 26.1. The standard InChI is InChI=1S/C17H16N2O3S2/c1-3-11-18-24(21,22)16-9-7-13(8-10-16)17(20)19-14-5-4-6-15(12-14)23-2/h1,4-10,12,18H,11H2,2H3,(H,19,20). The summed E-state index contributed by atoms with van der Waals surface area (Å²) in [5.41, 5.74) is 1.04. The molecule has 2 rings (SSSR count). The van der Waals surface area contributed by atoms with Crippen molar-refractivity contribution in [3.8, 4) is 12.3 Å². The fourth-order valence-electron chi connectivity index (χ4n) is 1.91. The smallest absolute Gasteiger partial charge is 0.255 e. The first-order chi connectivity index (χ1) is 11.5. The van der Waals surface area contributed by atoms with E-state index in [-0.39, 0.29) is 17.3 Å². The average molecular weight is 360 g/mol. The maximum atomic E-state index is 12.2. The van der Waals surface area contributed by atoms with Crippen LogP contribution in [0.4, 0.5) is 5.69 Å². The van der Waals surface area contributed by atoms with E-state index in [9.17, 15) is 13.2 Å². The van der Waals surface area contributed by atoms with E-state index in [4.69, 9.17) is 6.42 Å². The number of terminal acetylenes is 1. The predicted molar refractivity (Wildman–Crippen MR) is 96.6 cm³/mol. The van der Waals surface area contributed by atoms with Gasteiger partial charge in [-0.05, 0) is 48.7 Å². The van der Waals surface area contributed by atoms with Gasteiger partial charge in [0.05, 0.1) is 11.4 Å². The molecular formula is C17H16N2O3S2. The van der Waals surface area contributed by atoms with Gasteiger partial charge in [-0.15, -0.1) is 18.2 Å². The van der Waals surface area contributed by atoms with E-state index in [1.165, 1.54) is 24.3 Å². The highest BCUT2D eigenvalue weighted by Crippen LogP contribution is 2.19. The molecule has 124 valence electrons. The summed E-state index contributed by atoms with van der Waals surface area (Å²) in [5.74, 6) is 1.89. The monoisotopic (exact) mass is 360 g/mol. The molecule has 0 heterocycles. The van der Waals surface area contributed by atoms with E-state index in [0.717, 1.165) is 4.90 Å². The second kappa shape index (κ2) is 8.02. The van der Waals surface area contributed by atoms with Crippen LogP contribution in [-0.4, -0.2) is 27.1 Å². The molecule has 0 saturated heterocycles. The predicted octanol–water partition coefficient (Wildman–Crippen LogP) is 2.57. The normalized spacial score (nSPS) is 10.8. The van der Waals surface area contributed by atoms with Crippen molar-refractivity contribution in [1.29, 1.82) is 0 Å². The molecule has 2 N–H and O–H groups in total. The van der Waals surface area contributed by atoms with E-state index in [1.807, 2.05) is 24.5 Å². The van der Waals surface area contributed by atoms with Crippen molar-refractivity contribution in [2.75, 3.05) is 18.1 Å². The van der Waals surface area contributed by atoms with Crippen molar-refractivity contribution in [3.63, 3.8) is 0 Å². The highest BCUT2D eigenvalue weighted by atomic mass is 32.2. The lowest BCUT2D eigenvalue weighted by molar-refractivity contribution is 0.102. The zero-order valence-electron chi connectivity index (χ0n) is 12.9. The Bertz CT molecular complexity index is 869. The maximum absolute atomic E-state index is 12.2. The molecule has 0 saturated carbocycles. The quantitative estimate of drug-likeness (QED) is 0.613. The molecule has 5 nitrogen and oxygen atoms in total. The zero-order valence-corrected chi connectivity index (χ0v) is 14.6. The van der Waals surface area contributed by atoms with Crippen LogP contribution in [0.25, 0.3) is 0 Å². The Kier molecular flexibility index (Phi) is 6.04. The Morgan fingerprint density at radius 1 is 1.21 bits per heavy atom. The van der Waals surface area contributed by atoms with Crippen LogP contribution in [-0.2, 0) is 10.0 Å². The van der Waals surface area contributed by atoms with Gasteiger partial charge in [0.2, 0.25) is 10.0 Å². The minimum Gasteiger partial charge on any atom is -0.322 e. The molecule has 0 atom stereocenters. The third kappa shape index (κ3) is 4.61. The molecule has 0 unspecified atom stereocenters. The number of thioether (sulfide) groups is 1. The highest BCUT2D eigenvalue weighted by Gasteiger charge is 2.14. The van der Waals surface area contributed by atoms with Gasteiger partial charge in [0.15, 0.2) is 0 Å². The molecular weight excluding hydrogens is 344 g/mol. The third-order valence-electron chi connectivity index (χ3n) is 3.12. The fourth-order valence-corrected chi connectivity index (χ4v) is 3.30. The summed E-state index contributed by atoms with van der Waals surface area (Å²) >= 11 is 1.58. The number of amides is 1. The minimum atomic E-state index is -3.66. The van der Waals surface area contributed by atoms with Crippen LogP contribution in [0, 0.1) is 12.3 Å². The van der Waals surface area contributed by atoms with Crippen LogP contribution >= 0.6 is 11.8 Å². The second-order valence-corrected chi connectivity index (χ2v) is 7.39. The molecule has 0 aliphatic rings. The number of benzene rings is 2. The zero-order chi connectivity index (χ0) is 17.6. The molecule has 24 heavy (non-hydrogen) atoms. The van der Waals surface area contributed by atoms with Gasteiger partial charge in [0.25, 0.3) is 5.91 Å². The van der Waals surface area contributed by atoms with Gasteiger partial charge in [0.1, 0.15) is 0 Å². The molecule has 0 radical (unpaired) electrons. The molecule has 0 aliphatic heterocycles. The molecule has 2 aromatic rings. The van der Waals surface area contributed by atoms with E-state index < -0.39 is 10.0 Å². The van der Waals surface area contributed by atoms with E-state index in [0.29, 0.717) is 11.3 Å². The van der Waals surface area contributed by atoms with Crippen molar-refractivity contribution in [1.82, 2.24) is 4.72 Å². The number of sulfonamides is 1. The summed E-state index contributed by atoms with van der Waals surface area (Å²) in [4.78, 5) is 13.3. The van der Waals surface area contributed by atoms with E-state index in [1.54, 1.807) is 17.8 Å². The van der Waals surface area contributed by atoms with Crippen LogP contribution in [0.5, 0.6) is 0 Å². The summed E-state index contributed by atoms with van der Waals surface area (Å²) in [6.45, 7) is -0.0870. The first kappa shape index (κ1) is 18.1. The lowest BCUT2D eigenvalue weighted by atomic mass is 10.2. The Morgan fingerprint density at radius 2 is 1.92 bits per heavy atom. The molecule has 1 amide bonds. The summed E-state index contributed by atoms with van der Waals surface area (Å²) in [6.07, 6.45) is 6.99. The van der Waals surface area contributed by atoms with Crippen LogP contribution < -0.4 is 10.0 Å². The molecule has 0 spiro atoms. The van der Waals surface area contributed by atoms with Crippen molar-refractivity contribution in [2.45, 2.75) is 9.79 Å². The number of rotatable bonds is 6. The van der Waals surface area contributed by atoms with Gasteiger partial charge in [-0.1, -0.05) is 12.0 Å². The molecule has 0 fully saturated rings. The molecule has 0 bridgehead atoms. The van der Waals surface area contributed by atoms with Crippen LogP contribution in [0.15, 0.2) is 58.3 Å². The van der Waals surface area contributed by atoms with Crippen LogP contribution in [0.1, 0.15) is 10.4 Å². The molecule has 0 aliphatic carbocycles. The molecule has 0 aromatic heterocycles. The third-order valence-corrected chi connectivity index (χ3v) is 5.26. The lowest BCUT2D eigenvalue weighted by Crippen LogP contribution is -2.24. The second-order valence-electron chi connectivity index (χ2n) is 4.74. The van der Waals surface area contributed by atoms with Gasteiger partial charge >= 0.3 is 0 Å². The SMILES string of the molecule is C#CCNS(=O)(=O)c1ccc(C(=O)Nc2cccc(SC)c2)cc1. The van der Waals surface area contributed by atoms with Crippen molar-refractivity contribution < 1.29 is 13.2 Å². The van der Waals surface area contributed by atoms with Gasteiger partial charge in [0, 0.05) is 16.1 Å². The Hall–Kier alpha value is -2.27. The Labute approximate surface area is 145 Å². The number of hydrogen-bond donors (Lipinski definition) is 2. The largest absolute Gasteiger partial charge is 0.322 e. The van der Waals surface area contributed by atoms with Gasteiger partial charge in [-0.25, -0.2) is 8.42 Å². The summed E-state index contributed by atoms with van der Waals surface area (Å²) in [6, 6.07) is 13.1. The molecule has 2 aromatic carbocycles. The molecule has 7 heteroatoms. The van der Waals surface area contributed by atoms with Crippen molar-refractivity contribution in [2.24, 2.45) is 0 Å². The summed E-state index contributed by atoms with van der Waals surface area (Å²) in [5, 5.41) is 2.78. The van der Waals surface area contributed by atoms with Crippen LogP contribution in [0.3, 0.4) is 0 Å².